The van der Waals surface area contributed by atoms with E-state index in [-0.39, 0.29) is 28.9 Å². The van der Waals surface area contributed by atoms with Crippen LogP contribution in [0.25, 0.3) is 0 Å². The van der Waals surface area contributed by atoms with E-state index < -0.39 is 10.0 Å². The van der Waals surface area contributed by atoms with E-state index in [4.69, 9.17) is 0 Å². The molecule has 0 aliphatic heterocycles. The largest absolute Gasteiger partial charge is 0.353 e. The maximum absolute atomic E-state index is 11.6. The Bertz CT molecular complexity index is 570. The van der Waals surface area contributed by atoms with Gasteiger partial charge in [-0.05, 0) is 24.7 Å². The molecule has 118 valence electrons. The molecule has 0 amide bonds. The summed E-state index contributed by atoms with van der Waals surface area (Å²) in [5.74, 6) is 0.664. The van der Waals surface area contributed by atoms with Crippen LogP contribution in [-0.2, 0) is 16.6 Å². The Morgan fingerprint density at radius 2 is 1.90 bits per heavy atom. The van der Waals surface area contributed by atoms with Crippen molar-refractivity contribution in [2.24, 2.45) is 4.99 Å². The lowest BCUT2D eigenvalue weighted by atomic mass is 10.2. The maximum Gasteiger partial charge on any atom is 0.240 e. The van der Waals surface area contributed by atoms with E-state index in [0.717, 1.165) is 5.56 Å². The number of nitrogens with zero attached hydrogens (tertiary/aromatic N) is 1. The molecule has 0 atom stereocenters. The van der Waals surface area contributed by atoms with Crippen LogP contribution in [0, 0.1) is 0 Å². The molecule has 0 radical (unpaired) electrons. The van der Waals surface area contributed by atoms with Crippen LogP contribution >= 0.6 is 24.0 Å². The SMILES string of the molecule is C=CCNC(=NC)NCc1ccc(S(=O)(=O)NC)cc1.I. The van der Waals surface area contributed by atoms with Gasteiger partial charge >= 0.3 is 0 Å². The molecule has 1 rings (SSSR count). The second-order valence-electron chi connectivity index (χ2n) is 3.95. The molecule has 0 aliphatic carbocycles. The first-order valence-electron chi connectivity index (χ1n) is 6.11. The number of sulfonamides is 1. The fourth-order valence-electron chi connectivity index (χ4n) is 1.48. The molecule has 8 heteroatoms. The highest BCUT2D eigenvalue weighted by molar-refractivity contribution is 14.0. The zero-order valence-electron chi connectivity index (χ0n) is 12.1. The highest BCUT2D eigenvalue weighted by Gasteiger charge is 2.10. The van der Waals surface area contributed by atoms with Crippen molar-refractivity contribution in [1.29, 1.82) is 0 Å². The number of nitrogens with one attached hydrogen (secondary N) is 3. The van der Waals surface area contributed by atoms with Crippen LogP contribution in [0.5, 0.6) is 0 Å². The van der Waals surface area contributed by atoms with Gasteiger partial charge in [-0.2, -0.15) is 0 Å². The number of guanidine groups is 1. The van der Waals surface area contributed by atoms with Crippen molar-refractivity contribution in [3.63, 3.8) is 0 Å². The van der Waals surface area contributed by atoms with Gasteiger partial charge in [-0.15, -0.1) is 30.6 Å². The van der Waals surface area contributed by atoms with Gasteiger partial charge in [-0.1, -0.05) is 18.2 Å². The molecule has 0 bridgehead atoms. The van der Waals surface area contributed by atoms with Crippen molar-refractivity contribution in [2.45, 2.75) is 11.4 Å². The van der Waals surface area contributed by atoms with Gasteiger partial charge < -0.3 is 10.6 Å². The van der Waals surface area contributed by atoms with Crippen LogP contribution in [0.15, 0.2) is 46.8 Å². The van der Waals surface area contributed by atoms with Crippen molar-refractivity contribution in [2.75, 3.05) is 20.6 Å². The van der Waals surface area contributed by atoms with Crippen LogP contribution in [0.3, 0.4) is 0 Å². The second-order valence-corrected chi connectivity index (χ2v) is 5.83. The minimum atomic E-state index is -3.38. The molecule has 0 fully saturated rings. The van der Waals surface area contributed by atoms with E-state index >= 15 is 0 Å². The van der Waals surface area contributed by atoms with Crippen LogP contribution in [0.2, 0.25) is 0 Å². The summed E-state index contributed by atoms with van der Waals surface area (Å²) in [6, 6.07) is 6.67. The van der Waals surface area contributed by atoms with Gasteiger partial charge in [0, 0.05) is 20.1 Å². The number of aliphatic imine (C=N–C) groups is 1. The zero-order valence-corrected chi connectivity index (χ0v) is 15.2. The summed E-state index contributed by atoms with van der Waals surface area (Å²) in [6.45, 7) is 4.79. The van der Waals surface area contributed by atoms with E-state index in [1.54, 1.807) is 37.4 Å². The molecule has 0 saturated heterocycles. The molecule has 0 aliphatic rings. The van der Waals surface area contributed by atoms with Crippen molar-refractivity contribution in [3.8, 4) is 0 Å². The third-order valence-electron chi connectivity index (χ3n) is 2.60. The summed E-state index contributed by atoms with van der Waals surface area (Å²) in [6.07, 6.45) is 1.74. The molecule has 0 aromatic heterocycles. The van der Waals surface area contributed by atoms with Crippen molar-refractivity contribution >= 4 is 40.0 Å². The Kier molecular flexibility index (Phi) is 9.22. The first kappa shape index (κ1) is 19.9. The van der Waals surface area contributed by atoms with E-state index in [9.17, 15) is 8.42 Å². The molecule has 1 aromatic carbocycles. The molecule has 0 spiro atoms. The van der Waals surface area contributed by atoms with Gasteiger partial charge in [0.15, 0.2) is 5.96 Å². The van der Waals surface area contributed by atoms with Crippen LogP contribution in [0.1, 0.15) is 5.56 Å². The normalized spacial score (nSPS) is 11.4. The highest BCUT2D eigenvalue weighted by atomic mass is 127. The first-order valence-corrected chi connectivity index (χ1v) is 7.59. The van der Waals surface area contributed by atoms with Crippen molar-refractivity contribution < 1.29 is 8.42 Å². The molecule has 3 N–H and O–H groups in total. The summed E-state index contributed by atoms with van der Waals surface area (Å²) in [4.78, 5) is 4.30. The minimum absolute atomic E-state index is 0. The molecule has 1 aromatic rings. The number of benzene rings is 1. The minimum Gasteiger partial charge on any atom is -0.353 e. The topological polar surface area (TPSA) is 82.6 Å². The molecule has 0 unspecified atom stereocenters. The monoisotopic (exact) mass is 424 g/mol. The Morgan fingerprint density at radius 1 is 1.29 bits per heavy atom. The molecule has 21 heavy (non-hydrogen) atoms. The lowest BCUT2D eigenvalue weighted by molar-refractivity contribution is 0.588. The average molecular weight is 424 g/mol. The number of hydrogen-bond acceptors (Lipinski definition) is 3. The summed E-state index contributed by atoms with van der Waals surface area (Å²) < 4.78 is 25.4. The average Bonchev–Trinajstić information content (AvgIpc) is 2.48. The molecular weight excluding hydrogens is 403 g/mol. The quantitative estimate of drug-likeness (QED) is 0.276. The van der Waals surface area contributed by atoms with Crippen molar-refractivity contribution in [1.82, 2.24) is 15.4 Å². The molecule has 0 heterocycles. The fraction of sp³-hybridized carbons (Fsp3) is 0.308. The maximum atomic E-state index is 11.6. The Balaban J connectivity index is 0.00000400. The van der Waals surface area contributed by atoms with Gasteiger partial charge in [0.1, 0.15) is 0 Å². The lowest BCUT2D eigenvalue weighted by Gasteiger charge is -2.10. The third-order valence-corrected chi connectivity index (χ3v) is 4.03. The van der Waals surface area contributed by atoms with Crippen LogP contribution < -0.4 is 15.4 Å². The summed E-state index contributed by atoms with van der Waals surface area (Å²) in [7, 11) is -0.310. The molecular formula is C13H21IN4O2S. The highest BCUT2D eigenvalue weighted by Crippen LogP contribution is 2.09. The van der Waals surface area contributed by atoms with Crippen LogP contribution in [0.4, 0.5) is 0 Å². The molecule has 6 nitrogen and oxygen atoms in total. The second kappa shape index (κ2) is 9.74. The summed E-state index contributed by atoms with van der Waals surface area (Å²) in [5, 5.41) is 6.17. The first-order chi connectivity index (χ1) is 9.53. The third kappa shape index (κ3) is 6.44. The Hall–Kier alpha value is -1.13. The van der Waals surface area contributed by atoms with E-state index in [0.29, 0.717) is 19.0 Å². The predicted octanol–water partition coefficient (Wildman–Crippen LogP) is 1.06. The van der Waals surface area contributed by atoms with Gasteiger partial charge in [0.2, 0.25) is 10.0 Å². The Morgan fingerprint density at radius 3 is 2.38 bits per heavy atom. The van der Waals surface area contributed by atoms with Crippen molar-refractivity contribution in [3.05, 3.63) is 42.5 Å². The zero-order chi connectivity index (χ0) is 15.0. The predicted molar refractivity (Wildman–Crippen MR) is 96.5 cm³/mol. The number of halogens is 1. The van der Waals surface area contributed by atoms with Gasteiger partial charge in [0.25, 0.3) is 0 Å². The summed E-state index contributed by atoms with van der Waals surface area (Å²) in [5.41, 5.74) is 0.960. The van der Waals surface area contributed by atoms with Gasteiger partial charge in [0.05, 0.1) is 4.90 Å². The van der Waals surface area contributed by atoms with Gasteiger partial charge in [-0.25, -0.2) is 13.1 Å². The number of hydrogen-bond donors (Lipinski definition) is 3. The summed E-state index contributed by atoms with van der Waals surface area (Å²) >= 11 is 0. The van der Waals surface area contributed by atoms with E-state index in [2.05, 4.69) is 26.9 Å². The lowest BCUT2D eigenvalue weighted by Crippen LogP contribution is -2.36. The number of rotatable bonds is 6. The van der Waals surface area contributed by atoms with Crippen LogP contribution in [-0.4, -0.2) is 35.0 Å². The Labute approximate surface area is 143 Å². The van der Waals surface area contributed by atoms with E-state index in [1.807, 2.05) is 0 Å². The molecule has 0 saturated carbocycles. The fourth-order valence-corrected chi connectivity index (χ4v) is 2.21. The smallest absolute Gasteiger partial charge is 0.240 e. The van der Waals surface area contributed by atoms with E-state index in [1.165, 1.54) is 7.05 Å². The standard InChI is InChI=1S/C13H20N4O2S.HI/c1-4-9-16-13(14-2)17-10-11-5-7-12(8-6-11)20(18,19)15-3;/h4-8,15H,1,9-10H2,2-3H3,(H2,14,16,17);1H. The van der Waals surface area contributed by atoms with Gasteiger partial charge in [-0.3, -0.25) is 4.99 Å².